The molecule has 0 aromatic heterocycles. The van der Waals surface area contributed by atoms with Crippen LogP contribution in [-0.2, 0) is 22.1 Å². The third-order valence-corrected chi connectivity index (χ3v) is 5.98. The van der Waals surface area contributed by atoms with Gasteiger partial charge in [0.2, 0.25) is 0 Å². The lowest BCUT2D eigenvalue weighted by Gasteiger charge is -2.18. The van der Waals surface area contributed by atoms with E-state index in [0.717, 1.165) is 0 Å². The van der Waals surface area contributed by atoms with Crippen LogP contribution < -0.4 is 16.2 Å². The number of benzene rings is 3. The van der Waals surface area contributed by atoms with Crippen molar-refractivity contribution in [3.05, 3.63) is 102 Å². The summed E-state index contributed by atoms with van der Waals surface area (Å²) in [5, 5.41) is 0. The zero-order chi connectivity index (χ0) is 29.3. The molecule has 1 unspecified atom stereocenters. The second-order valence-electron chi connectivity index (χ2n) is 9.26. The van der Waals surface area contributed by atoms with Gasteiger partial charge in [0.25, 0.3) is 0 Å². The average Bonchev–Trinajstić information content (AvgIpc) is 2.89. The van der Waals surface area contributed by atoms with Crippen LogP contribution >= 0.6 is 0 Å². The molecule has 0 heterocycles. The smallest absolute Gasteiger partial charge is 0.426 e. The second-order valence-corrected chi connectivity index (χ2v) is 9.26. The van der Waals surface area contributed by atoms with E-state index in [2.05, 4.69) is 6.92 Å². The van der Waals surface area contributed by atoms with Gasteiger partial charge in [-0.15, -0.1) is 0 Å². The van der Waals surface area contributed by atoms with Gasteiger partial charge >= 0.3 is 18.3 Å². The van der Waals surface area contributed by atoms with E-state index in [0.29, 0.717) is 40.9 Å². The van der Waals surface area contributed by atoms with Crippen LogP contribution in [0.5, 0.6) is 5.75 Å². The van der Waals surface area contributed by atoms with Crippen molar-refractivity contribution in [3.63, 3.8) is 0 Å². The van der Waals surface area contributed by atoms with Crippen molar-refractivity contribution in [2.24, 2.45) is 0 Å². The Balaban J connectivity index is 1.48. The summed E-state index contributed by atoms with van der Waals surface area (Å²) in [6, 6.07) is 16.0. The molecule has 0 aliphatic heterocycles. The number of hydrogen-bond donors (Lipinski definition) is 2. The van der Waals surface area contributed by atoms with Crippen LogP contribution in [0, 0.1) is 6.92 Å². The predicted octanol–water partition coefficient (Wildman–Crippen LogP) is 7.43. The summed E-state index contributed by atoms with van der Waals surface area (Å²) in [5.74, 6) is -1.10. The van der Waals surface area contributed by atoms with Gasteiger partial charge in [-0.25, -0.2) is 4.79 Å². The largest absolute Gasteiger partial charge is 0.462 e. The van der Waals surface area contributed by atoms with Crippen LogP contribution in [0.4, 0.5) is 33.3 Å². The molecular weight excluding hydrogens is 531 g/mol. The van der Waals surface area contributed by atoms with Crippen LogP contribution in [0.1, 0.15) is 47.4 Å². The maximum atomic E-state index is 14.6. The van der Waals surface area contributed by atoms with Crippen LogP contribution in [0.25, 0.3) is 6.08 Å². The summed E-state index contributed by atoms with van der Waals surface area (Å²) in [5.41, 5.74) is 14.1. The van der Waals surface area contributed by atoms with E-state index in [1.807, 2.05) is 0 Å². The van der Waals surface area contributed by atoms with Gasteiger partial charge in [-0.05, 0) is 85.4 Å². The van der Waals surface area contributed by atoms with Gasteiger partial charge in [-0.2, -0.15) is 22.0 Å². The van der Waals surface area contributed by atoms with Crippen molar-refractivity contribution in [1.29, 1.82) is 0 Å². The molecule has 40 heavy (non-hydrogen) atoms. The Morgan fingerprint density at radius 2 is 1.60 bits per heavy atom. The topological polar surface area (TPSA) is 87.6 Å². The number of nitrogens with two attached hydrogens (primary N) is 2. The highest BCUT2D eigenvalue weighted by Crippen LogP contribution is 2.32. The molecule has 3 aromatic carbocycles. The maximum absolute atomic E-state index is 14.6. The molecule has 0 amide bonds. The highest BCUT2D eigenvalue weighted by Gasteiger charge is 2.34. The number of aryl methyl sites for hydroxylation is 1. The standard InChI is InChI=1S/C30H30F5N2O3/c1-20(26-15-12-24(36)18-27(26)37)19-39-28(38)16-9-22-7-13-25(14-8-22)40-30(34,35)23-10-5-21(6-11-23)4-2-3-17-29(31,32)33/h5-16,18,20H,1-4,17,19,36-37H2/b16-9+. The minimum atomic E-state index is -4.20. The number of nitrogen functional groups attached to an aromatic ring is 2. The predicted molar refractivity (Wildman–Crippen MR) is 144 cm³/mol. The minimum Gasteiger partial charge on any atom is -0.462 e. The maximum Gasteiger partial charge on any atom is 0.426 e. The average molecular weight is 562 g/mol. The number of carbonyl (C=O) groups is 1. The highest BCUT2D eigenvalue weighted by molar-refractivity contribution is 5.87. The Hall–Kier alpha value is -4.08. The third-order valence-electron chi connectivity index (χ3n) is 5.98. The van der Waals surface area contributed by atoms with Gasteiger partial charge in [0.1, 0.15) is 5.75 Å². The zero-order valence-corrected chi connectivity index (χ0v) is 21.6. The van der Waals surface area contributed by atoms with Crippen molar-refractivity contribution in [2.75, 3.05) is 18.1 Å². The molecule has 3 aromatic rings. The summed E-state index contributed by atoms with van der Waals surface area (Å²) in [6.45, 7) is 3.94. The van der Waals surface area contributed by atoms with Crippen molar-refractivity contribution in [2.45, 2.75) is 43.9 Å². The second kappa shape index (κ2) is 13.3. The molecule has 1 atom stereocenters. The fourth-order valence-corrected chi connectivity index (χ4v) is 3.82. The summed E-state index contributed by atoms with van der Waals surface area (Å²) in [7, 11) is 0. The first-order valence-corrected chi connectivity index (χ1v) is 12.5. The van der Waals surface area contributed by atoms with E-state index in [1.54, 1.807) is 18.2 Å². The van der Waals surface area contributed by atoms with Gasteiger partial charge in [-0.3, -0.25) is 0 Å². The molecule has 0 bridgehead atoms. The molecule has 0 saturated heterocycles. The number of ether oxygens (including phenoxy) is 2. The Bertz CT molecular complexity index is 1290. The molecule has 0 spiro atoms. The number of alkyl halides is 5. The minimum absolute atomic E-state index is 0.00180. The van der Waals surface area contributed by atoms with E-state index in [4.69, 9.17) is 20.9 Å². The van der Waals surface area contributed by atoms with E-state index in [-0.39, 0.29) is 24.3 Å². The lowest BCUT2D eigenvalue weighted by atomic mass is 10.00. The van der Waals surface area contributed by atoms with Crippen molar-refractivity contribution < 1.29 is 36.2 Å². The Labute approximate surface area is 229 Å². The Kier molecular flexibility index (Phi) is 10.1. The van der Waals surface area contributed by atoms with Crippen LogP contribution in [-0.4, -0.2) is 18.8 Å². The highest BCUT2D eigenvalue weighted by atomic mass is 19.4. The normalized spacial score (nSPS) is 12.8. The molecule has 3 rings (SSSR count). The van der Waals surface area contributed by atoms with Crippen LogP contribution in [0.15, 0.2) is 72.8 Å². The molecule has 10 heteroatoms. The molecule has 0 aliphatic rings. The molecular formula is C30H30F5N2O3. The quantitative estimate of drug-likeness (QED) is 0.0790. The summed E-state index contributed by atoms with van der Waals surface area (Å²) in [4.78, 5) is 12.1. The van der Waals surface area contributed by atoms with Gasteiger partial charge < -0.3 is 20.9 Å². The molecule has 4 N–H and O–H groups in total. The number of esters is 1. The first-order chi connectivity index (χ1) is 18.8. The summed E-state index contributed by atoms with van der Waals surface area (Å²) < 4.78 is 76.1. The molecule has 0 aliphatic carbocycles. The number of anilines is 2. The van der Waals surface area contributed by atoms with Crippen molar-refractivity contribution in [3.8, 4) is 5.75 Å². The molecule has 0 saturated carbocycles. The van der Waals surface area contributed by atoms with Crippen molar-refractivity contribution >= 4 is 23.4 Å². The van der Waals surface area contributed by atoms with Gasteiger partial charge in [0.15, 0.2) is 0 Å². The summed E-state index contributed by atoms with van der Waals surface area (Å²) in [6.07, 6.45) is -5.38. The lowest BCUT2D eigenvalue weighted by Crippen LogP contribution is -2.21. The number of rotatable bonds is 12. The fraction of sp³-hybridized carbons (Fsp3) is 0.267. The molecule has 1 radical (unpaired) electrons. The number of unbranched alkanes of at least 4 members (excludes halogenated alkanes) is 1. The zero-order valence-electron chi connectivity index (χ0n) is 21.6. The van der Waals surface area contributed by atoms with Gasteiger partial charge in [-0.1, -0.05) is 30.3 Å². The van der Waals surface area contributed by atoms with E-state index < -0.39 is 30.6 Å². The first kappa shape index (κ1) is 30.5. The van der Waals surface area contributed by atoms with Gasteiger partial charge in [0.05, 0.1) is 12.2 Å². The van der Waals surface area contributed by atoms with E-state index >= 15 is 0 Å². The Morgan fingerprint density at radius 3 is 2.23 bits per heavy atom. The number of hydrogen-bond acceptors (Lipinski definition) is 5. The molecule has 0 fully saturated rings. The molecule has 5 nitrogen and oxygen atoms in total. The SMILES string of the molecule is [CH2]C(COC(=O)/C=C/c1ccc(OC(F)(F)c2ccc(CCCCC(F)(F)F)cc2)cc1)c1ccc(N)cc1N. The lowest BCUT2D eigenvalue weighted by molar-refractivity contribution is -0.185. The van der Waals surface area contributed by atoms with E-state index in [1.165, 1.54) is 60.7 Å². The third kappa shape index (κ3) is 9.59. The van der Waals surface area contributed by atoms with Gasteiger partial charge in [0, 0.05) is 29.8 Å². The van der Waals surface area contributed by atoms with Crippen LogP contribution in [0.2, 0.25) is 0 Å². The van der Waals surface area contributed by atoms with E-state index in [9.17, 15) is 26.7 Å². The monoisotopic (exact) mass is 561 g/mol. The first-order valence-electron chi connectivity index (χ1n) is 12.5. The Morgan fingerprint density at radius 1 is 0.925 bits per heavy atom. The van der Waals surface area contributed by atoms with Crippen molar-refractivity contribution in [1.82, 2.24) is 0 Å². The number of halogens is 5. The number of carbonyl (C=O) groups excluding carboxylic acids is 1. The fourth-order valence-electron chi connectivity index (χ4n) is 3.82. The summed E-state index contributed by atoms with van der Waals surface area (Å²) >= 11 is 0. The molecule has 213 valence electrons. The van der Waals surface area contributed by atoms with Crippen LogP contribution in [0.3, 0.4) is 0 Å².